The van der Waals surface area contributed by atoms with Crippen LogP contribution in [0.2, 0.25) is 0 Å². The van der Waals surface area contributed by atoms with Gasteiger partial charge in [-0.1, -0.05) is 6.07 Å². The van der Waals surface area contributed by atoms with Gasteiger partial charge in [-0.25, -0.2) is 0 Å². The smallest absolute Gasteiger partial charge is 0.334 e. The zero-order chi connectivity index (χ0) is 13.3. The lowest BCUT2D eigenvalue weighted by Crippen LogP contribution is -2.32. The van der Waals surface area contributed by atoms with Crippen LogP contribution in [0.15, 0.2) is 30.5 Å². The van der Waals surface area contributed by atoms with Crippen molar-refractivity contribution in [1.82, 2.24) is 4.57 Å². The molecular weight excluding hydrogens is 243 g/mol. The lowest BCUT2D eigenvalue weighted by Gasteiger charge is -2.21. The van der Waals surface area contributed by atoms with Gasteiger partial charge in [0.1, 0.15) is 6.04 Å². The fraction of sp³-hybridized carbons (Fsp3) is 0.250. The molecule has 1 heterocycles. The molecule has 0 radical (unpaired) electrons. The third-order valence-electron chi connectivity index (χ3n) is 2.79. The first kappa shape index (κ1) is 12.5. The SMILES string of the molecule is N#Cc1ccc2ccn(C(CN)C(F)(F)F)c2c1. The van der Waals surface area contributed by atoms with Crippen LogP contribution in [0.1, 0.15) is 11.6 Å². The molecule has 0 aliphatic carbocycles. The Morgan fingerprint density at radius 2 is 2.06 bits per heavy atom. The minimum Gasteiger partial charge on any atom is -0.334 e. The molecule has 0 amide bonds. The Balaban J connectivity index is 2.61. The molecule has 2 N–H and O–H groups in total. The van der Waals surface area contributed by atoms with Crippen molar-refractivity contribution < 1.29 is 13.2 Å². The molecular formula is C12H10F3N3. The number of benzene rings is 1. The summed E-state index contributed by atoms with van der Waals surface area (Å²) >= 11 is 0. The molecule has 1 atom stereocenters. The molecule has 0 saturated carbocycles. The molecule has 2 aromatic rings. The van der Waals surface area contributed by atoms with Gasteiger partial charge in [-0.3, -0.25) is 0 Å². The number of hydrogen-bond donors (Lipinski definition) is 1. The Kier molecular flexibility index (Phi) is 3.01. The van der Waals surface area contributed by atoms with Crippen LogP contribution < -0.4 is 5.73 Å². The van der Waals surface area contributed by atoms with E-state index in [2.05, 4.69) is 0 Å². The van der Waals surface area contributed by atoms with Crippen molar-refractivity contribution in [3.8, 4) is 6.07 Å². The number of alkyl halides is 3. The number of aromatic nitrogens is 1. The number of nitrogens with two attached hydrogens (primary N) is 1. The van der Waals surface area contributed by atoms with E-state index < -0.39 is 18.8 Å². The molecule has 0 aliphatic rings. The number of rotatable bonds is 2. The molecule has 1 aromatic carbocycles. The normalized spacial score (nSPS) is 13.5. The highest BCUT2D eigenvalue weighted by molar-refractivity contribution is 5.81. The van der Waals surface area contributed by atoms with E-state index in [0.717, 1.165) is 4.57 Å². The first-order valence-corrected chi connectivity index (χ1v) is 5.25. The van der Waals surface area contributed by atoms with Crippen molar-refractivity contribution in [2.45, 2.75) is 12.2 Å². The summed E-state index contributed by atoms with van der Waals surface area (Å²) in [6, 6.07) is 6.33. The zero-order valence-corrected chi connectivity index (χ0v) is 9.28. The number of nitriles is 1. The van der Waals surface area contributed by atoms with Crippen LogP contribution in [0.3, 0.4) is 0 Å². The fourth-order valence-corrected chi connectivity index (χ4v) is 1.90. The second-order valence-corrected chi connectivity index (χ2v) is 3.90. The Morgan fingerprint density at radius 1 is 1.33 bits per heavy atom. The topological polar surface area (TPSA) is 54.7 Å². The summed E-state index contributed by atoms with van der Waals surface area (Å²) in [5, 5.41) is 9.42. The molecule has 6 heteroatoms. The predicted molar refractivity (Wildman–Crippen MR) is 60.8 cm³/mol. The average molecular weight is 253 g/mol. The first-order valence-electron chi connectivity index (χ1n) is 5.25. The van der Waals surface area contributed by atoms with Gasteiger partial charge in [0.25, 0.3) is 0 Å². The summed E-state index contributed by atoms with van der Waals surface area (Å²) in [4.78, 5) is 0. The van der Waals surface area contributed by atoms with Crippen molar-refractivity contribution in [2.75, 3.05) is 6.54 Å². The van der Waals surface area contributed by atoms with Crippen molar-refractivity contribution in [3.63, 3.8) is 0 Å². The van der Waals surface area contributed by atoms with Gasteiger partial charge in [0.2, 0.25) is 0 Å². The van der Waals surface area contributed by atoms with E-state index in [1.807, 2.05) is 6.07 Å². The number of hydrogen-bond acceptors (Lipinski definition) is 2. The molecule has 2 rings (SSSR count). The molecule has 0 bridgehead atoms. The van der Waals surface area contributed by atoms with Gasteiger partial charge in [0.05, 0.1) is 11.6 Å². The maximum Gasteiger partial charge on any atom is 0.410 e. The molecule has 0 spiro atoms. The van der Waals surface area contributed by atoms with Crippen molar-refractivity contribution in [3.05, 3.63) is 36.0 Å². The second-order valence-electron chi connectivity index (χ2n) is 3.90. The van der Waals surface area contributed by atoms with Crippen molar-refractivity contribution in [2.24, 2.45) is 5.73 Å². The van der Waals surface area contributed by atoms with E-state index in [9.17, 15) is 13.2 Å². The average Bonchev–Trinajstić information content (AvgIpc) is 2.71. The monoisotopic (exact) mass is 253 g/mol. The van der Waals surface area contributed by atoms with Crippen molar-refractivity contribution in [1.29, 1.82) is 5.26 Å². The van der Waals surface area contributed by atoms with Gasteiger partial charge in [-0.05, 0) is 23.6 Å². The Bertz CT molecular complexity index is 607. The quantitative estimate of drug-likeness (QED) is 0.894. The van der Waals surface area contributed by atoms with E-state index in [-0.39, 0.29) is 0 Å². The number of nitrogens with zero attached hydrogens (tertiary/aromatic N) is 2. The molecule has 1 aromatic heterocycles. The van der Waals surface area contributed by atoms with Crippen LogP contribution in [0, 0.1) is 11.3 Å². The summed E-state index contributed by atoms with van der Waals surface area (Å²) in [6.07, 6.45) is -3.07. The van der Waals surface area contributed by atoms with E-state index in [1.165, 1.54) is 12.3 Å². The van der Waals surface area contributed by atoms with Crippen LogP contribution in [0.5, 0.6) is 0 Å². The molecule has 18 heavy (non-hydrogen) atoms. The van der Waals surface area contributed by atoms with Gasteiger partial charge in [-0.15, -0.1) is 0 Å². The third kappa shape index (κ3) is 2.05. The highest BCUT2D eigenvalue weighted by Crippen LogP contribution is 2.32. The van der Waals surface area contributed by atoms with Crippen LogP contribution in [0.25, 0.3) is 10.9 Å². The lowest BCUT2D eigenvalue weighted by atomic mass is 10.2. The van der Waals surface area contributed by atoms with Crippen molar-refractivity contribution >= 4 is 10.9 Å². The van der Waals surface area contributed by atoms with Crippen LogP contribution >= 0.6 is 0 Å². The van der Waals surface area contributed by atoms with Crippen LogP contribution in [0.4, 0.5) is 13.2 Å². The van der Waals surface area contributed by atoms with Gasteiger partial charge in [-0.2, -0.15) is 18.4 Å². The van der Waals surface area contributed by atoms with Crippen LogP contribution in [-0.4, -0.2) is 17.3 Å². The molecule has 0 fully saturated rings. The number of fused-ring (bicyclic) bond motifs is 1. The molecule has 3 nitrogen and oxygen atoms in total. The fourth-order valence-electron chi connectivity index (χ4n) is 1.90. The van der Waals surface area contributed by atoms with Crippen LogP contribution in [-0.2, 0) is 0 Å². The van der Waals surface area contributed by atoms with E-state index in [4.69, 9.17) is 11.0 Å². The van der Waals surface area contributed by atoms with E-state index in [0.29, 0.717) is 16.5 Å². The summed E-state index contributed by atoms with van der Waals surface area (Å²) in [6.45, 7) is -0.538. The summed E-state index contributed by atoms with van der Waals surface area (Å²) in [5.41, 5.74) is 5.89. The van der Waals surface area contributed by atoms with Gasteiger partial charge < -0.3 is 10.3 Å². The van der Waals surface area contributed by atoms with E-state index in [1.54, 1.807) is 18.2 Å². The Hall–Kier alpha value is -2.00. The molecule has 0 saturated heterocycles. The number of halogens is 3. The Morgan fingerprint density at radius 3 is 2.61 bits per heavy atom. The summed E-state index contributed by atoms with van der Waals surface area (Å²) < 4.78 is 39.6. The molecule has 94 valence electrons. The van der Waals surface area contributed by atoms with Gasteiger partial charge in [0.15, 0.2) is 0 Å². The minimum atomic E-state index is -4.41. The lowest BCUT2D eigenvalue weighted by molar-refractivity contribution is -0.164. The Labute approximate surface area is 101 Å². The maximum atomic E-state index is 12.8. The second kappa shape index (κ2) is 4.35. The third-order valence-corrected chi connectivity index (χ3v) is 2.79. The summed E-state index contributed by atoms with van der Waals surface area (Å²) in [7, 11) is 0. The maximum absolute atomic E-state index is 12.8. The molecule has 1 unspecified atom stereocenters. The molecule has 0 aliphatic heterocycles. The summed E-state index contributed by atoms with van der Waals surface area (Å²) in [5.74, 6) is 0. The van der Waals surface area contributed by atoms with Gasteiger partial charge in [0, 0.05) is 18.3 Å². The highest BCUT2D eigenvalue weighted by atomic mass is 19.4. The van der Waals surface area contributed by atoms with Gasteiger partial charge >= 0.3 is 6.18 Å². The van der Waals surface area contributed by atoms with E-state index >= 15 is 0 Å². The highest BCUT2D eigenvalue weighted by Gasteiger charge is 2.40. The predicted octanol–water partition coefficient (Wildman–Crippen LogP) is 2.58. The zero-order valence-electron chi connectivity index (χ0n) is 9.28. The standard InChI is InChI=1S/C12H10F3N3/c13-12(14,15)11(7-17)18-4-3-9-2-1-8(6-16)5-10(9)18/h1-5,11H,7,17H2. The first-order chi connectivity index (χ1) is 8.47. The largest absolute Gasteiger partial charge is 0.410 e. The minimum absolute atomic E-state index is 0.320.